The maximum atomic E-state index is 10.8. The average Bonchev–Trinajstić information content (AvgIpc) is 2.69. The quantitative estimate of drug-likeness (QED) is 0.873. The molecule has 0 saturated heterocycles. The molecule has 17 heavy (non-hydrogen) atoms. The van der Waals surface area contributed by atoms with E-state index in [1.54, 1.807) is 0 Å². The van der Waals surface area contributed by atoms with Gasteiger partial charge < -0.3 is 4.74 Å². The normalized spacial score (nSPS) is 10.5. The molecule has 0 unspecified atom stereocenters. The molecule has 0 radical (unpaired) electrons. The van der Waals surface area contributed by atoms with E-state index in [1.807, 2.05) is 32.0 Å². The molecular formula is C12H14N2O3. The molecule has 5 nitrogen and oxygen atoms in total. The van der Waals surface area contributed by atoms with Crippen LogP contribution in [0, 0.1) is 6.92 Å². The highest BCUT2D eigenvalue weighted by molar-refractivity contribution is 5.38. The van der Waals surface area contributed by atoms with Gasteiger partial charge in [-0.3, -0.25) is 9.51 Å². The molecule has 5 heteroatoms. The SMILES string of the molecule is CCOc1cc(C)ccc1Cc1noc(=O)[nH]1. The second-order valence-electron chi connectivity index (χ2n) is 3.76. The number of aromatic nitrogens is 2. The first-order chi connectivity index (χ1) is 8.19. The molecule has 0 aliphatic carbocycles. The molecule has 90 valence electrons. The van der Waals surface area contributed by atoms with Crippen molar-refractivity contribution in [3.63, 3.8) is 0 Å². The minimum Gasteiger partial charge on any atom is -0.494 e. The second-order valence-corrected chi connectivity index (χ2v) is 3.76. The molecule has 1 N–H and O–H groups in total. The number of hydrogen-bond acceptors (Lipinski definition) is 4. The number of rotatable bonds is 4. The molecular weight excluding hydrogens is 220 g/mol. The van der Waals surface area contributed by atoms with Crippen molar-refractivity contribution < 1.29 is 9.26 Å². The van der Waals surface area contributed by atoms with Crippen molar-refractivity contribution in [3.05, 3.63) is 45.7 Å². The fraction of sp³-hybridized carbons (Fsp3) is 0.333. The Morgan fingerprint density at radius 1 is 1.47 bits per heavy atom. The van der Waals surface area contributed by atoms with Crippen molar-refractivity contribution in [2.75, 3.05) is 6.61 Å². The Labute approximate surface area is 98.4 Å². The van der Waals surface area contributed by atoms with E-state index in [9.17, 15) is 4.79 Å². The molecule has 0 atom stereocenters. The summed E-state index contributed by atoms with van der Waals surface area (Å²) < 4.78 is 10.0. The first-order valence-electron chi connectivity index (χ1n) is 5.46. The Morgan fingerprint density at radius 3 is 2.94 bits per heavy atom. The summed E-state index contributed by atoms with van der Waals surface area (Å²) in [5.41, 5.74) is 2.10. The lowest BCUT2D eigenvalue weighted by Gasteiger charge is -2.09. The van der Waals surface area contributed by atoms with Gasteiger partial charge in [-0.15, -0.1) is 0 Å². The predicted molar refractivity (Wildman–Crippen MR) is 62.3 cm³/mol. The molecule has 2 rings (SSSR count). The van der Waals surface area contributed by atoms with E-state index in [0.717, 1.165) is 16.9 Å². The average molecular weight is 234 g/mol. The van der Waals surface area contributed by atoms with Gasteiger partial charge >= 0.3 is 5.76 Å². The summed E-state index contributed by atoms with van der Waals surface area (Å²) in [6, 6.07) is 5.93. The summed E-state index contributed by atoms with van der Waals surface area (Å²) in [4.78, 5) is 13.3. The van der Waals surface area contributed by atoms with Crippen LogP contribution < -0.4 is 10.5 Å². The van der Waals surface area contributed by atoms with Crippen LogP contribution in [-0.4, -0.2) is 16.7 Å². The number of ether oxygens (including phenoxy) is 1. The van der Waals surface area contributed by atoms with E-state index >= 15 is 0 Å². The molecule has 0 fully saturated rings. The molecule has 0 spiro atoms. The summed E-state index contributed by atoms with van der Waals surface area (Å²) >= 11 is 0. The Kier molecular flexibility index (Phi) is 3.27. The summed E-state index contributed by atoms with van der Waals surface area (Å²) in [6.07, 6.45) is 0.487. The largest absolute Gasteiger partial charge is 0.494 e. The third-order valence-corrected chi connectivity index (χ3v) is 2.37. The second kappa shape index (κ2) is 4.86. The minimum atomic E-state index is -0.537. The van der Waals surface area contributed by atoms with Gasteiger partial charge in [-0.2, -0.15) is 0 Å². The van der Waals surface area contributed by atoms with Crippen molar-refractivity contribution >= 4 is 0 Å². The van der Waals surface area contributed by atoms with Crippen molar-refractivity contribution in [2.45, 2.75) is 20.3 Å². The van der Waals surface area contributed by atoms with E-state index in [2.05, 4.69) is 14.7 Å². The number of H-pyrrole nitrogens is 1. The predicted octanol–water partition coefficient (Wildman–Crippen LogP) is 1.66. The van der Waals surface area contributed by atoms with Gasteiger partial charge in [0.1, 0.15) is 5.75 Å². The van der Waals surface area contributed by atoms with E-state index in [-0.39, 0.29) is 0 Å². The third-order valence-electron chi connectivity index (χ3n) is 2.37. The summed E-state index contributed by atoms with van der Waals surface area (Å²) in [7, 11) is 0. The van der Waals surface area contributed by atoms with Crippen molar-refractivity contribution in [1.82, 2.24) is 10.1 Å². The minimum absolute atomic E-state index is 0.487. The zero-order valence-electron chi connectivity index (χ0n) is 9.82. The molecule has 1 aromatic carbocycles. The van der Waals surface area contributed by atoms with Crippen molar-refractivity contribution in [2.24, 2.45) is 0 Å². The van der Waals surface area contributed by atoms with Crippen LogP contribution >= 0.6 is 0 Å². The highest BCUT2D eigenvalue weighted by atomic mass is 16.5. The monoisotopic (exact) mass is 234 g/mol. The molecule has 0 amide bonds. The number of benzene rings is 1. The molecule has 2 aromatic rings. The fourth-order valence-electron chi connectivity index (χ4n) is 1.61. The van der Waals surface area contributed by atoms with Gasteiger partial charge in [-0.1, -0.05) is 17.3 Å². The van der Waals surface area contributed by atoms with Crippen LogP contribution in [0.3, 0.4) is 0 Å². The van der Waals surface area contributed by atoms with Gasteiger partial charge in [0.25, 0.3) is 0 Å². The van der Waals surface area contributed by atoms with Crippen LogP contribution in [0.15, 0.2) is 27.5 Å². The Hall–Kier alpha value is -2.04. The van der Waals surface area contributed by atoms with E-state index in [4.69, 9.17) is 4.74 Å². The smallest absolute Gasteiger partial charge is 0.438 e. The molecule has 1 heterocycles. The topological polar surface area (TPSA) is 68.1 Å². The van der Waals surface area contributed by atoms with Gasteiger partial charge in [-0.25, -0.2) is 4.79 Å². The van der Waals surface area contributed by atoms with Crippen LogP contribution in [0.5, 0.6) is 5.75 Å². The molecule has 1 aromatic heterocycles. The van der Waals surface area contributed by atoms with Gasteiger partial charge in [0.05, 0.1) is 6.61 Å². The van der Waals surface area contributed by atoms with Gasteiger partial charge in [0.15, 0.2) is 5.82 Å². The van der Waals surface area contributed by atoms with E-state index in [0.29, 0.717) is 18.9 Å². The van der Waals surface area contributed by atoms with Crippen LogP contribution in [-0.2, 0) is 6.42 Å². The highest BCUT2D eigenvalue weighted by Crippen LogP contribution is 2.22. The maximum absolute atomic E-state index is 10.8. The fourth-order valence-corrected chi connectivity index (χ4v) is 1.61. The number of aryl methyl sites for hydroxylation is 1. The number of nitrogens with one attached hydrogen (secondary N) is 1. The maximum Gasteiger partial charge on any atom is 0.438 e. The lowest BCUT2D eigenvalue weighted by Crippen LogP contribution is -2.01. The summed E-state index contributed by atoms with van der Waals surface area (Å²) in [5, 5.41) is 3.64. The standard InChI is InChI=1S/C12H14N2O3/c1-3-16-10-6-8(2)4-5-9(10)7-11-13-12(15)17-14-11/h4-6H,3,7H2,1-2H3,(H,13,14,15). The summed E-state index contributed by atoms with van der Waals surface area (Å²) in [6.45, 7) is 4.54. The van der Waals surface area contributed by atoms with Crippen LogP contribution in [0.25, 0.3) is 0 Å². The summed E-state index contributed by atoms with van der Waals surface area (Å²) in [5.74, 6) is 0.779. The zero-order chi connectivity index (χ0) is 12.3. The lowest BCUT2D eigenvalue weighted by molar-refractivity contribution is 0.336. The van der Waals surface area contributed by atoms with Crippen molar-refractivity contribution in [1.29, 1.82) is 0 Å². The lowest BCUT2D eigenvalue weighted by atomic mass is 10.1. The number of nitrogens with zero attached hydrogens (tertiary/aromatic N) is 1. The molecule has 0 aliphatic rings. The zero-order valence-corrected chi connectivity index (χ0v) is 9.82. The van der Waals surface area contributed by atoms with Crippen LogP contribution in [0.2, 0.25) is 0 Å². The number of aromatic amines is 1. The van der Waals surface area contributed by atoms with E-state index < -0.39 is 5.76 Å². The van der Waals surface area contributed by atoms with Crippen molar-refractivity contribution in [3.8, 4) is 5.75 Å². The van der Waals surface area contributed by atoms with Gasteiger partial charge in [0.2, 0.25) is 0 Å². The Bertz CT molecular complexity index is 557. The van der Waals surface area contributed by atoms with Crippen LogP contribution in [0.1, 0.15) is 23.9 Å². The molecule has 0 aliphatic heterocycles. The molecule has 0 saturated carbocycles. The Balaban J connectivity index is 2.28. The van der Waals surface area contributed by atoms with Crippen LogP contribution in [0.4, 0.5) is 0 Å². The first-order valence-corrected chi connectivity index (χ1v) is 5.46. The first kappa shape index (κ1) is 11.4. The third kappa shape index (κ3) is 2.75. The Morgan fingerprint density at radius 2 is 2.29 bits per heavy atom. The van der Waals surface area contributed by atoms with Gasteiger partial charge in [0, 0.05) is 12.0 Å². The van der Waals surface area contributed by atoms with E-state index in [1.165, 1.54) is 0 Å². The number of hydrogen-bond donors (Lipinski definition) is 1. The highest BCUT2D eigenvalue weighted by Gasteiger charge is 2.08. The molecule has 0 bridgehead atoms. The van der Waals surface area contributed by atoms with Gasteiger partial charge in [-0.05, 0) is 25.5 Å².